The number of likely N-dealkylation sites (tertiary alicyclic amines) is 1. The molecule has 1 aromatic carbocycles. The van der Waals surface area contributed by atoms with Crippen LogP contribution in [0.4, 0.5) is 0 Å². The minimum Gasteiger partial charge on any atom is -0.342 e. The third-order valence-electron chi connectivity index (χ3n) is 3.81. The summed E-state index contributed by atoms with van der Waals surface area (Å²) in [5.74, 6) is 0.402. The van der Waals surface area contributed by atoms with Gasteiger partial charge in [-0.2, -0.15) is 0 Å². The van der Waals surface area contributed by atoms with Crippen LogP contribution in [0.5, 0.6) is 0 Å². The van der Waals surface area contributed by atoms with Crippen LogP contribution in [0.3, 0.4) is 0 Å². The molecule has 1 fully saturated rings. The van der Waals surface area contributed by atoms with Gasteiger partial charge in [0.1, 0.15) is 0 Å². The van der Waals surface area contributed by atoms with Gasteiger partial charge in [0.05, 0.1) is 0 Å². The van der Waals surface area contributed by atoms with Crippen molar-refractivity contribution in [3.8, 4) is 0 Å². The normalized spacial score (nSPS) is 16.7. The van der Waals surface area contributed by atoms with Gasteiger partial charge in [0, 0.05) is 36.1 Å². The molecule has 20 heavy (non-hydrogen) atoms. The average molecular weight is 339 g/mol. The maximum atomic E-state index is 11.9. The van der Waals surface area contributed by atoms with Crippen molar-refractivity contribution < 1.29 is 4.79 Å². The van der Waals surface area contributed by atoms with Gasteiger partial charge < -0.3 is 10.2 Å². The Labute approximate surface area is 129 Å². The number of nitrogens with zero attached hydrogens (tertiary/aromatic N) is 1. The van der Waals surface area contributed by atoms with Crippen molar-refractivity contribution in [3.63, 3.8) is 0 Å². The van der Waals surface area contributed by atoms with Crippen LogP contribution in [-0.4, -0.2) is 29.9 Å². The lowest BCUT2D eigenvalue weighted by Crippen LogP contribution is -2.45. The Hall–Kier alpha value is -0.870. The monoisotopic (exact) mass is 338 g/mol. The minimum absolute atomic E-state index is 0.113. The third kappa shape index (κ3) is 4.32. The molecule has 0 spiro atoms. The summed E-state index contributed by atoms with van der Waals surface area (Å²) in [5.41, 5.74) is 1.30. The Balaban J connectivity index is 1.74. The molecule has 0 aliphatic carbocycles. The van der Waals surface area contributed by atoms with Gasteiger partial charge in [-0.25, -0.2) is 0 Å². The summed E-state index contributed by atoms with van der Waals surface area (Å²) in [7, 11) is 0. The van der Waals surface area contributed by atoms with Gasteiger partial charge in [-0.05, 0) is 30.5 Å². The topological polar surface area (TPSA) is 32.3 Å². The standard InChI is InChI=1S/C16H23BrN2O/c1-12(2)16(20)19-9-7-15(8-10-19)18-11-13-3-5-14(17)6-4-13/h3-6,12,15,18H,7-11H2,1-2H3. The largest absolute Gasteiger partial charge is 0.342 e. The first-order chi connectivity index (χ1) is 9.56. The van der Waals surface area contributed by atoms with Gasteiger partial charge in [-0.3, -0.25) is 4.79 Å². The molecule has 0 aromatic heterocycles. The minimum atomic E-state index is 0.113. The molecule has 1 N–H and O–H groups in total. The lowest BCUT2D eigenvalue weighted by molar-refractivity contribution is -0.135. The number of hydrogen-bond acceptors (Lipinski definition) is 2. The highest BCUT2D eigenvalue weighted by molar-refractivity contribution is 9.10. The molecular weight excluding hydrogens is 316 g/mol. The molecule has 0 bridgehead atoms. The molecule has 1 aliphatic rings. The number of halogens is 1. The first-order valence-electron chi connectivity index (χ1n) is 7.33. The molecule has 1 heterocycles. The SMILES string of the molecule is CC(C)C(=O)N1CCC(NCc2ccc(Br)cc2)CC1. The molecule has 0 unspecified atom stereocenters. The van der Waals surface area contributed by atoms with Gasteiger partial charge in [0.15, 0.2) is 0 Å². The molecule has 1 amide bonds. The third-order valence-corrected chi connectivity index (χ3v) is 4.34. The van der Waals surface area contributed by atoms with Crippen LogP contribution >= 0.6 is 15.9 Å². The van der Waals surface area contributed by atoms with Crippen molar-refractivity contribution in [2.24, 2.45) is 5.92 Å². The van der Waals surface area contributed by atoms with Crippen LogP contribution in [0.15, 0.2) is 28.7 Å². The van der Waals surface area contributed by atoms with E-state index >= 15 is 0 Å². The van der Waals surface area contributed by atoms with E-state index < -0.39 is 0 Å². The highest BCUT2D eigenvalue weighted by Gasteiger charge is 2.23. The fraction of sp³-hybridized carbons (Fsp3) is 0.562. The summed E-state index contributed by atoms with van der Waals surface area (Å²) in [6.07, 6.45) is 2.10. The predicted octanol–water partition coefficient (Wildman–Crippen LogP) is 3.19. The van der Waals surface area contributed by atoms with Gasteiger partial charge in [0.2, 0.25) is 5.91 Å². The summed E-state index contributed by atoms with van der Waals surface area (Å²) < 4.78 is 1.11. The zero-order valence-corrected chi connectivity index (χ0v) is 13.8. The van der Waals surface area contributed by atoms with Crippen LogP contribution in [0.25, 0.3) is 0 Å². The van der Waals surface area contributed by atoms with E-state index in [4.69, 9.17) is 0 Å². The molecule has 1 aliphatic heterocycles. The Kier molecular flexibility index (Phi) is 5.61. The summed E-state index contributed by atoms with van der Waals surface area (Å²) in [5, 5.41) is 3.59. The van der Waals surface area contributed by atoms with Crippen LogP contribution < -0.4 is 5.32 Å². The molecule has 3 nitrogen and oxygen atoms in total. The molecule has 2 rings (SSSR count). The number of amides is 1. The summed E-state index contributed by atoms with van der Waals surface area (Å²) in [6, 6.07) is 8.93. The van der Waals surface area contributed by atoms with E-state index in [0.29, 0.717) is 6.04 Å². The summed E-state index contributed by atoms with van der Waals surface area (Å²) in [6.45, 7) is 6.61. The van der Waals surface area contributed by atoms with Crippen LogP contribution in [-0.2, 0) is 11.3 Å². The zero-order valence-electron chi connectivity index (χ0n) is 12.2. The fourth-order valence-corrected chi connectivity index (χ4v) is 2.80. The van der Waals surface area contributed by atoms with E-state index in [1.807, 2.05) is 18.7 Å². The zero-order chi connectivity index (χ0) is 14.5. The second-order valence-electron chi connectivity index (χ2n) is 5.76. The predicted molar refractivity (Wildman–Crippen MR) is 85.4 cm³/mol. The molecule has 4 heteroatoms. The van der Waals surface area contributed by atoms with Crippen molar-refractivity contribution in [3.05, 3.63) is 34.3 Å². The number of benzene rings is 1. The Morgan fingerprint density at radius 1 is 1.30 bits per heavy atom. The number of carbonyl (C=O) groups excluding carboxylic acids is 1. The van der Waals surface area contributed by atoms with E-state index in [1.165, 1.54) is 5.56 Å². The molecule has 1 saturated heterocycles. The quantitative estimate of drug-likeness (QED) is 0.914. The van der Waals surface area contributed by atoms with Crippen molar-refractivity contribution in [1.82, 2.24) is 10.2 Å². The van der Waals surface area contributed by atoms with Crippen molar-refractivity contribution in [2.75, 3.05) is 13.1 Å². The highest BCUT2D eigenvalue weighted by atomic mass is 79.9. The summed E-state index contributed by atoms with van der Waals surface area (Å²) in [4.78, 5) is 13.9. The lowest BCUT2D eigenvalue weighted by Gasteiger charge is -2.33. The van der Waals surface area contributed by atoms with Gasteiger partial charge in [-0.1, -0.05) is 41.9 Å². The number of nitrogens with one attached hydrogen (secondary N) is 1. The fourth-order valence-electron chi connectivity index (χ4n) is 2.53. The Bertz CT molecular complexity index is 436. The average Bonchev–Trinajstić information content (AvgIpc) is 2.46. The van der Waals surface area contributed by atoms with Gasteiger partial charge >= 0.3 is 0 Å². The van der Waals surface area contributed by atoms with Crippen LogP contribution in [0.1, 0.15) is 32.3 Å². The van der Waals surface area contributed by atoms with Gasteiger partial charge in [-0.15, -0.1) is 0 Å². The lowest BCUT2D eigenvalue weighted by atomic mass is 10.0. The molecule has 0 saturated carbocycles. The second kappa shape index (κ2) is 7.23. The van der Waals surface area contributed by atoms with E-state index in [0.717, 1.165) is 36.9 Å². The van der Waals surface area contributed by atoms with Crippen molar-refractivity contribution >= 4 is 21.8 Å². The Morgan fingerprint density at radius 3 is 2.45 bits per heavy atom. The van der Waals surface area contributed by atoms with Crippen LogP contribution in [0.2, 0.25) is 0 Å². The molecule has 0 atom stereocenters. The molecule has 1 aromatic rings. The van der Waals surface area contributed by atoms with E-state index in [9.17, 15) is 4.79 Å². The molecular formula is C16H23BrN2O. The number of hydrogen-bond donors (Lipinski definition) is 1. The maximum absolute atomic E-state index is 11.9. The molecule has 110 valence electrons. The second-order valence-corrected chi connectivity index (χ2v) is 6.68. The van der Waals surface area contributed by atoms with E-state index in [-0.39, 0.29) is 11.8 Å². The number of rotatable bonds is 4. The molecule has 0 radical (unpaired) electrons. The first-order valence-corrected chi connectivity index (χ1v) is 8.12. The van der Waals surface area contributed by atoms with Crippen molar-refractivity contribution in [2.45, 2.75) is 39.3 Å². The smallest absolute Gasteiger partial charge is 0.225 e. The van der Waals surface area contributed by atoms with Crippen LogP contribution in [0, 0.1) is 5.92 Å². The van der Waals surface area contributed by atoms with E-state index in [2.05, 4.69) is 45.5 Å². The summed E-state index contributed by atoms with van der Waals surface area (Å²) >= 11 is 3.45. The first kappa shape index (κ1) is 15.5. The highest BCUT2D eigenvalue weighted by Crippen LogP contribution is 2.15. The Morgan fingerprint density at radius 2 is 1.90 bits per heavy atom. The van der Waals surface area contributed by atoms with Gasteiger partial charge in [0.25, 0.3) is 0 Å². The number of carbonyl (C=O) groups is 1. The number of piperidine rings is 1. The van der Waals surface area contributed by atoms with E-state index in [1.54, 1.807) is 0 Å². The van der Waals surface area contributed by atoms with Crippen molar-refractivity contribution in [1.29, 1.82) is 0 Å². The maximum Gasteiger partial charge on any atom is 0.225 e.